The van der Waals surface area contributed by atoms with Gasteiger partial charge in [-0.2, -0.15) is 0 Å². The van der Waals surface area contributed by atoms with E-state index in [2.05, 4.69) is 40.7 Å². The Bertz CT molecular complexity index is 899. The second-order valence-electron chi connectivity index (χ2n) is 7.00. The molecule has 1 aliphatic heterocycles. The maximum Gasteiger partial charge on any atom is 0.131 e. The van der Waals surface area contributed by atoms with Gasteiger partial charge in [0.25, 0.3) is 0 Å². The number of halogens is 2. The van der Waals surface area contributed by atoms with Gasteiger partial charge in [-0.1, -0.05) is 35.9 Å². The fourth-order valence-electron chi connectivity index (χ4n) is 3.82. The molecule has 0 N–H and O–H groups in total. The normalized spacial score (nSPS) is 17.7. The van der Waals surface area contributed by atoms with Crippen molar-refractivity contribution in [3.8, 4) is 0 Å². The highest BCUT2D eigenvalue weighted by atomic mass is 19.1. The van der Waals surface area contributed by atoms with Crippen LogP contribution in [0, 0.1) is 18.6 Å². The predicted octanol–water partition coefficient (Wildman–Crippen LogP) is 5.07. The zero-order valence-electron chi connectivity index (χ0n) is 14.8. The molecule has 0 spiro atoms. The Morgan fingerprint density at radius 3 is 2.58 bits per heavy atom. The molecule has 134 valence electrons. The Hall–Kier alpha value is -2.46. The molecule has 0 radical (unpaired) electrons. The lowest BCUT2D eigenvalue weighted by molar-refractivity contribution is 0.216. The van der Waals surface area contributed by atoms with E-state index in [4.69, 9.17) is 0 Å². The van der Waals surface area contributed by atoms with E-state index in [9.17, 15) is 8.78 Å². The monoisotopic (exact) mass is 352 g/mol. The third-order valence-corrected chi connectivity index (χ3v) is 5.12. The van der Waals surface area contributed by atoms with Crippen LogP contribution in [0.15, 0.2) is 60.8 Å². The van der Waals surface area contributed by atoms with E-state index < -0.39 is 11.6 Å². The summed E-state index contributed by atoms with van der Waals surface area (Å²) in [5, 5.41) is 0. The van der Waals surface area contributed by atoms with Crippen molar-refractivity contribution < 1.29 is 8.78 Å². The zero-order valence-corrected chi connectivity index (χ0v) is 14.8. The van der Waals surface area contributed by atoms with Crippen LogP contribution in [0.1, 0.15) is 34.8 Å². The van der Waals surface area contributed by atoms with Crippen molar-refractivity contribution in [2.24, 2.45) is 0 Å². The van der Waals surface area contributed by atoms with Crippen molar-refractivity contribution in [1.82, 2.24) is 9.47 Å². The van der Waals surface area contributed by atoms with E-state index in [0.717, 1.165) is 37.8 Å². The van der Waals surface area contributed by atoms with Gasteiger partial charge in [-0.05, 0) is 37.1 Å². The first-order valence-electron chi connectivity index (χ1n) is 9.01. The Kier molecular flexibility index (Phi) is 4.60. The van der Waals surface area contributed by atoms with Crippen LogP contribution >= 0.6 is 0 Å². The molecule has 0 fully saturated rings. The molecular formula is C22H22F2N2. The van der Waals surface area contributed by atoms with E-state index >= 15 is 0 Å². The van der Waals surface area contributed by atoms with E-state index in [-0.39, 0.29) is 6.04 Å². The van der Waals surface area contributed by atoms with Gasteiger partial charge < -0.3 is 4.57 Å². The summed E-state index contributed by atoms with van der Waals surface area (Å²) in [5.41, 5.74) is 4.00. The lowest BCUT2D eigenvalue weighted by atomic mass is 10.00. The van der Waals surface area contributed by atoms with Gasteiger partial charge >= 0.3 is 0 Å². The first kappa shape index (κ1) is 17.0. The Morgan fingerprint density at radius 1 is 1.00 bits per heavy atom. The molecule has 0 bridgehead atoms. The molecule has 0 amide bonds. The second-order valence-corrected chi connectivity index (χ2v) is 7.00. The molecule has 1 aromatic heterocycles. The largest absolute Gasteiger partial charge is 0.350 e. The molecule has 0 saturated heterocycles. The van der Waals surface area contributed by atoms with E-state index in [0.29, 0.717) is 5.56 Å². The van der Waals surface area contributed by atoms with E-state index in [1.165, 1.54) is 17.2 Å². The summed E-state index contributed by atoms with van der Waals surface area (Å²) in [5.74, 6) is -1.03. The Labute approximate surface area is 152 Å². The van der Waals surface area contributed by atoms with Crippen molar-refractivity contribution in [2.75, 3.05) is 6.54 Å². The molecule has 0 saturated carbocycles. The van der Waals surface area contributed by atoms with Gasteiger partial charge in [0.1, 0.15) is 11.6 Å². The molecule has 4 rings (SSSR count). The Morgan fingerprint density at radius 2 is 1.81 bits per heavy atom. The van der Waals surface area contributed by atoms with Gasteiger partial charge in [-0.15, -0.1) is 0 Å². The van der Waals surface area contributed by atoms with Crippen LogP contribution in [0.5, 0.6) is 0 Å². The van der Waals surface area contributed by atoms with Gasteiger partial charge in [0, 0.05) is 43.2 Å². The maximum atomic E-state index is 14.7. The van der Waals surface area contributed by atoms with Crippen LogP contribution < -0.4 is 0 Å². The van der Waals surface area contributed by atoms with Gasteiger partial charge in [0.15, 0.2) is 0 Å². The molecular weight excluding hydrogens is 330 g/mol. The van der Waals surface area contributed by atoms with E-state index in [1.54, 1.807) is 6.07 Å². The molecule has 0 unspecified atom stereocenters. The number of hydrogen-bond donors (Lipinski definition) is 0. The zero-order chi connectivity index (χ0) is 18.1. The second kappa shape index (κ2) is 7.04. The number of hydrogen-bond acceptors (Lipinski definition) is 1. The van der Waals surface area contributed by atoms with E-state index in [1.807, 2.05) is 18.3 Å². The molecule has 2 heterocycles. The topological polar surface area (TPSA) is 8.17 Å². The minimum absolute atomic E-state index is 0.227. The van der Waals surface area contributed by atoms with Crippen molar-refractivity contribution in [1.29, 1.82) is 0 Å². The molecule has 3 aromatic rings. The van der Waals surface area contributed by atoms with Crippen LogP contribution in [0.25, 0.3) is 0 Å². The lowest BCUT2D eigenvalue weighted by Gasteiger charge is -2.31. The highest BCUT2D eigenvalue weighted by Gasteiger charge is 2.29. The van der Waals surface area contributed by atoms with Crippen LogP contribution in [0.2, 0.25) is 0 Å². The first-order valence-corrected chi connectivity index (χ1v) is 9.01. The SMILES string of the molecule is Cc1ccc(CN2CCCn3cccc3[C@H]2c2ccc(F)cc2F)cc1. The van der Waals surface area contributed by atoms with Gasteiger partial charge in [-0.25, -0.2) is 8.78 Å². The van der Waals surface area contributed by atoms with Crippen LogP contribution in [-0.2, 0) is 13.1 Å². The minimum atomic E-state index is -0.541. The average Bonchev–Trinajstić information content (AvgIpc) is 3.00. The number of aromatic nitrogens is 1. The highest BCUT2D eigenvalue weighted by molar-refractivity contribution is 5.32. The fraction of sp³-hybridized carbons (Fsp3) is 0.273. The molecule has 2 aromatic carbocycles. The third-order valence-electron chi connectivity index (χ3n) is 5.12. The fourth-order valence-corrected chi connectivity index (χ4v) is 3.82. The third kappa shape index (κ3) is 3.29. The standard InChI is InChI=1S/C22H22F2N2/c1-16-5-7-17(8-6-16)15-26-13-3-12-25-11-2-4-21(25)22(26)19-10-9-18(23)14-20(19)24/h2,4-11,14,22H,3,12-13,15H2,1H3/t22-/m1/s1. The summed E-state index contributed by atoms with van der Waals surface area (Å²) in [6.07, 6.45) is 3.03. The molecule has 2 nitrogen and oxygen atoms in total. The summed E-state index contributed by atoms with van der Waals surface area (Å²) < 4.78 is 30.3. The molecule has 26 heavy (non-hydrogen) atoms. The average molecular weight is 352 g/mol. The van der Waals surface area contributed by atoms with Gasteiger partial charge in [-0.3, -0.25) is 4.90 Å². The highest BCUT2D eigenvalue weighted by Crippen LogP contribution is 2.34. The molecule has 1 atom stereocenters. The summed E-state index contributed by atoms with van der Waals surface area (Å²) >= 11 is 0. The summed E-state index contributed by atoms with van der Waals surface area (Å²) in [6, 6.07) is 16.2. The summed E-state index contributed by atoms with van der Waals surface area (Å²) in [6.45, 7) is 4.56. The van der Waals surface area contributed by atoms with Crippen molar-refractivity contribution in [3.05, 3.63) is 94.8 Å². The number of rotatable bonds is 3. The summed E-state index contributed by atoms with van der Waals surface area (Å²) in [7, 11) is 0. The molecule has 0 aliphatic carbocycles. The van der Waals surface area contributed by atoms with Crippen molar-refractivity contribution >= 4 is 0 Å². The van der Waals surface area contributed by atoms with Crippen LogP contribution in [0.3, 0.4) is 0 Å². The number of benzene rings is 2. The smallest absolute Gasteiger partial charge is 0.131 e. The maximum absolute atomic E-state index is 14.7. The summed E-state index contributed by atoms with van der Waals surface area (Å²) in [4.78, 5) is 2.29. The van der Waals surface area contributed by atoms with Crippen molar-refractivity contribution in [2.45, 2.75) is 32.5 Å². The quantitative estimate of drug-likeness (QED) is 0.639. The van der Waals surface area contributed by atoms with Crippen LogP contribution in [-0.4, -0.2) is 16.0 Å². The van der Waals surface area contributed by atoms with Gasteiger partial charge in [0.2, 0.25) is 0 Å². The number of fused-ring (bicyclic) bond motifs is 1. The van der Waals surface area contributed by atoms with Crippen LogP contribution in [0.4, 0.5) is 8.78 Å². The Balaban J connectivity index is 1.76. The predicted molar refractivity (Wildman–Crippen MR) is 98.8 cm³/mol. The van der Waals surface area contributed by atoms with Crippen molar-refractivity contribution in [3.63, 3.8) is 0 Å². The minimum Gasteiger partial charge on any atom is -0.350 e. The lowest BCUT2D eigenvalue weighted by Crippen LogP contribution is -2.30. The molecule has 1 aliphatic rings. The molecule has 4 heteroatoms. The van der Waals surface area contributed by atoms with Gasteiger partial charge in [0.05, 0.1) is 6.04 Å². The number of aryl methyl sites for hydroxylation is 2. The number of nitrogens with zero attached hydrogens (tertiary/aromatic N) is 2. The first-order chi connectivity index (χ1) is 12.6.